The summed E-state index contributed by atoms with van der Waals surface area (Å²) in [6.45, 7) is 7.89. The van der Waals surface area contributed by atoms with Gasteiger partial charge in [-0.05, 0) is 106 Å². The number of likely N-dealkylation sites (N-methyl/N-ethyl adjacent to an activating group) is 1. The number of unbranched alkanes of at least 4 members (excludes halogenated alkanes) is 1. The summed E-state index contributed by atoms with van der Waals surface area (Å²) in [7, 11) is 0. The first-order valence-electron chi connectivity index (χ1n) is 19.0. The number of H-pyrrole nitrogens is 1. The van der Waals surface area contributed by atoms with Crippen LogP contribution in [0.15, 0.2) is 34.7 Å². The van der Waals surface area contributed by atoms with Crippen molar-refractivity contribution in [1.82, 2.24) is 15.6 Å². The molecule has 0 spiro atoms. The Morgan fingerprint density at radius 3 is 2.63 bits per heavy atom. The van der Waals surface area contributed by atoms with Gasteiger partial charge in [-0.1, -0.05) is 39.2 Å². The van der Waals surface area contributed by atoms with Crippen molar-refractivity contribution in [1.29, 1.82) is 0 Å². The molecule has 3 aromatic rings. The Balaban J connectivity index is 1.32. The standard InChI is InChI=1S/C40H61N3O6/c1-4-6-12-38-29(24-45)21-30(49-38)16-13-27-14-18-37(47)39(20-27)48-25-36(41-5-2)35-22-32-33(43-35)17-15-28-9-7-10-31(28)40(32)34(11-8-19-44)42-23-26(3)46/h14,18,20-22,26,28,31,34,36,40-47H,4-13,15-17,19,23-25H2,1-3H3. The maximum absolute atomic E-state index is 10.8. The minimum atomic E-state index is -0.430. The average molecular weight is 680 g/mol. The lowest BCUT2D eigenvalue weighted by Crippen LogP contribution is -2.42. The lowest BCUT2D eigenvalue weighted by atomic mass is 9.75. The van der Waals surface area contributed by atoms with Crippen LogP contribution in [0.25, 0.3) is 0 Å². The minimum absolute atomic E-state index is 0.0115. The number of aromatic hydroxyl groups is 1. The summed E-state index contributed by atoms with van der Waals surface area (Å²) in [4.78, 5) is 3.82. The number of benzene rings is 1. The van der Waals surface area contributed by atoms with Crippen LogP contribution in [0.2, 0.25) is 0 Å². The second kappa shape index (κ2) is 18.4. The van der Waals surface area contributed by atoms with Gasteiger partial charge in [-0.15, -0.1) is 0 Å². The van der Waals surface area contributed by atoms with Crippen molar-refractivity contribution < 1.29 is 29.6 Å². The fourth-order valence-electron chi connectivity index (χ4n) is 8.35. The topological polar surface area (TPSA) is 143 Å². The van der Waals surface area contributed by atoms with E-state index in [2.05, 4.69) is 35.5 Å². The van der Waals surface area contributed by atoms with Crippen molar-refractivity contribution >= 4 is 0 Å². The number of hydrogen-bond donors (Lipinski definition) is 7. The van der Waals surface area contributed by atoms with E-state index in [4.69, 9.17) is 9.15 Å². The summed E-state index contributed by atoms with van der Waals surface area (Å²) < 4.78 is 12.4. The number of aryl methyl sites for hydroxylation is 4. The van der Waals surface area contributed by atoms with Gasteiger partial charge in [0.1, 0.15) is 18.1 Å². The molecule has 0 bridgehead atoms. The van der Waals surface area contributed by atoms with Crippen molar-refractivity contribution in [3.63, 3.8) is 0 Å². The van der Waals surface area contributed by atoms with Crippen LogP contribution in [-0.4, -0.2) is 63.9 Å². The highest BCUT2D eigenvalue weighted by molar-refractivity contribution is 5.42. The maximum Gasteiger partial charge on any atom is 0.161 e. The van der Waals surface area contributed by atoms with Crippen LogP contribution in [0.3, 0.4) is 0 Å². The number of phenols is 1. The Morgan fingerprint density at radius 2 is 1.88 bits per heavy atom. The molecule has 0 saturated heterocycles. The number of nitrogens with one attached hydrogen (secondary N) is 3. The number of aromatic nitrogens is 1. The zero-order valence-electron chi connectivity index (χ0n) is 30.0. The van der Waals surface area contributed by atoms with Crippen LogP contribution in [-0.2, 0) is 32.3 Å². The number of hydrogen-bond acceptors (Lipinski definition) is 8. The number of aromatic amines is 1. The molecule has 9 heteroatoms. The molecule has 2 aliphatic carbocycles. The molecule has 6 atom stereocenters. The Morgan fingerprint density at radius 1 is 1.02 bits per heavy atom. The molecule has 6 unspecified atom stereocenters. The molecule has 272 valence electrons. The molecule has 1 saturated carbocycles. The summed E-state index contributed by atoms with van der Waals surface area (Å²) in [6, 6.07) is 9.96. The van der Waals surface area contributed by atoms with Crippen LogP contribution >= 0.6 is 0 Å². The zero-order valence-corrected chi connectivity index (χ0v) is 30.0. The first-order chi connectivity index (χ1) is 23.8. The van der Waals surface area contributed by atoms with E-state index in [9.17, 15) is 20.4 Å². The third-order valence-electron chi connectivity index (χ3n) is 10.8. The lowest BCUT2D eigenvalue weighted by molar-refractivity contribution is 0.170. The van der Waals surface area contributed by atoms with E-state index < -0.39 is 6.10 Å². The third-order valence-corrected chi connectivity index (χ3v) is 10.8. The molecule has 49 heavy (non-hydrogen) atoms. The van der Waals surface area contributed by atoms with Crippen LogP contribution in [0, 0.1) is 11.8 Å². The van der Waals surface area contributed by atoms with E-state index in [1.54, 1.807) is 6.07 Å². The molecular formula is C40H61N3O6. The van der Waals surface area contributed by atoms with Crippen molar-refractivity contribution in [2.75, 3.05) is 26.3 Å². The highest BCUT2D eigenvalue weighted by Gasteiger charge is 2.42. The van der Waals surface area contributed by atoms with Crippen molar-refractivity contribution in [3.05, 3.63) is 69.9 Å². The summed E-state index contributed by atoms with van der Waals surface area (Å²) in [5, 5.41) is 47.7. The normalized spacial score (nSPS) is 20.8. The van der Waals surface area contributed by atoms with Crippen molar-refractivity contribution in [2.24, 2.45) is 11.8 Å². The van der Waals surface area contributed by atoms with Gasteiger partial charge >= 0.3 is 0 Å². The highest BCUT2D eigenvalue weighted by Crippen LogP contribution is 2.49. The molecule has 2 aromatic heterocycles. The molecule has 7 N–H and O–H groups in total. The number of fused-ring (bicyclic) bond motifs is 2. The summed E-state index contributed by atoms with van der Waals surface area (Å²) in [5.74, 6) is 3.94. The molecular weight excluding hydrogens is 618 g/mol. The number of phenolic OH excluding ortho intramolecular Hbond substituents is 1. The van der Waals surface area contributed by atoms with E-state index in [1.807, 2.05) is 25.1 Å². The van der Waals surface area contributed by atoms with Gasteiger partial charge < -0.3 is 45.2 Å². The summed E-state index contributed by atoms with van der Waals surface area (Å²) in [6.07, 6.45) is 11.5. The minimum Gasteiger partial charge on any atom is -0.504 e. The second-order valence-corrected chi connectivity index (χ2v) is 14.5. The Kier molecular flexibility index (Phi) is 14.1. The van der Waals surface area contributed by atoms with Crippen LogP contribution in [0.5, 0.6) is 11.5 Å². The Bertz CT molecular complexity index is 1430. The smallest absolute Gasteiger partial charge is 0.161 e. The summed E-state index contributed by atoms with van der Waals surface area (Å²) >= 11 is 0. The van der Waals surface area contributed by atoms with Gasteiger partial charge in [0.2, 0.25) is 0 Å². The van der Waals surface area contributed by atoms with E-state index in [0.29, 0.717) is 43.1 Å². The number of aliphatic hydroxyl groups excluding tert-OH is 3. The molecule has 0 amide bonds. The number of aliphatic hydroxyl groups is 3. The molecule has 2 heterocycles. The molecule has 1 aromatic carbocycles. The monoisotopic (exact) mass is 679 g/mol. The van der Waals surface area contributed by atoms with Crippen LogP contribution < -0.4 is 15.4 Å². The first-order valence-corrected chi connectivity index (χ1v) is 19.0. The molecule has 2 aliphatic rings. The van der Waals surface area contributed by atoms with Gasteiger partial charge in [-0.2, -0.15) is 0 Å². The van der Waals surface area contributed by atoms with Crippen LogP contribution in [0.4, 0.5) is 0 Å². The number of rotatable bonds is 20. The van der Waals surface area contributed by atoms with E-state index in [0.717, 1.165) is 79.8 Å². The lowest BCUT2D eigenvalue weighted by Gasteiger charge is -2.35. The van der Waals surface area contributed by atoms with Gasteiger partial charge in [0.25, 0.3) is 0 Å². The highest BCUT2D eigenvalue weighted by atomic mass is 16.5. The number of furan rings is 1. The van der Waals surface area contributed by atoms with Crippen molar-refractivity contribution in [3.8, 4) is 11.5 Å². The largest absolute Gasteiger partial charge is 0.504 e. The van der Waals surface area contributed by atoms with Crippen LogP contribution in [0.1, 0.15) is 124 Å². The summed E-state index contributed by atoms with van der Waals surface area (Å²) in [5.41, 5.74) is 5.69. The molecule has 5 rings (SSSR count). The fraction of sp³-hybridized carbons (Fsp3) is 0.650. The first kappa shape index (κ1) is 37.4. The van der Waals surface area contributed by atoms with Crippen molar-refractivity contribution in [2.45, 2.75) is 129 Å². The quantitative estimate of drug-likeness (QED) is 0.0746. The fourth-order valence-corrected chi connectivity index (χ4v) is 8.35. The Hall–Kier alpha value is -2.82. The molecule has 9 nitrogen and oxygen atoms in total. The van der Waals surface area contributed by atoms with E-state index in [1.165, 1.54) is 36.9 Å². The number of ether oxygens (including phenoxy) is 1. The van der Waals surface area contributed by atoms with Gasteiger partial charge in [0, 0.05) is 54.9 Å². The Labute approximate surface area is 292 Å². The van der Waals surface area contributed by atoms with Gasteiger partial charge in [0.15, 0.2) is 11.5 Å². The van der Waals surface area contributed by atoms with Gasteiger partial charge in [-0.3, -0.25) is 0 Å². The van der Waals surface area contributed by atoms with Gasteiger partial charge in [-0.25, -0.2) is 0 Å². The zero-order chi connectivity index (χ0) is 34.8. The van der Waals surface area contributed by atoms with E-state index in [-0.39, 0.29) is 31.0 Å². The third kappa shape index (κ3) is 9.70. The predicted molar refractivity (Wildman–Crippen MR) is 193 cm³/mol. The van der Waals surface area contributed by atoms with E-state index >= 15 is 0 Å². The average Bonchev–Trinajstić information content (AvgIpc) is 3.83. The molecule has 0 aliphatic heterocycles. The van der Waals surface area contributed by atoms with Gasteiger partial charge in [0.05, 0.1) is 18.8 Å². The molecule has 0 radical (unpaired) electrons. The predicted octanol–water partition coefficient (Wildman–Crippen LogP) is 6.22. The second-order valence-electron chi connectivity index (χ2n) is 14.5. The maximum atomic E-state index is 10.8. The molecule has 1 fully saturated rings. The SMILES string of the molecule is CCCCc1oc(CCc2ccc(O)c(OCC(NCC)c3cc4c([nH]3)CCC3CCCC3C4C(CCCO)NCC(C)O)c2)cc1CO.